The minimum absolute atomic E-state index is 0.192. The molecule has 2 aromatic carbocycles. The molecule has 0 amide bonds. The molecule has 6 nitrogen and oxygen atoms in total. The molecule has 33 heavy (non-hydrogen) atoms. The summed E-state index contributed by atoms with van der Waals surface area (Å²) in [5.74, 6) is 1.20. The second kappa shape index (κ2) is 10.9. The normalized spacial score (nSPS) is 24.3. The zero-order chi connectivity index (χ0) is 23.3. The molecule has 1 aliphatic carbocycles. The fourth-order valence-electron chi connectivity index (χ4n) is 4.73. The summed E-state index contributed by atoms with van der Waals surface area (Å²) in [6.07, 6.45) is 0.980. The number of alkyl halides is 1. The minimum atomic E-state index is -0.782. The Labute approximate surface area is 201 Å². The van der Waals surface area contributed by atoms with Crippen LogP contribution in [0.25, 0.3) is 0 Å². The van der Waals surface area contributed by atoms with Gasteiger partial charge in [-0.15, -0.1) is 11.6 Å². The van der Waals surface area contributed by atoms with Gasteiger partial charge in [0.2, 0.25) is 0 Å². The van der Waals surface area contributed by atoms with Crippen LogP contribution < -0.4 is 4.74 Å². The van der Waals surface area contributed by atoms with E-state index in [4.69, 9.17) is 25.8 Å². The Hall–Kier alpha value is -2.12. The first-order valence-corrected chi connectivity index (χ1v) is 12.1. The van der Waals surface area contributed by atoms with Gasteiger partial charge >= 0.3 is 5.97 Å². The van der Waals surface area contributed by atoms with Gasteiger partial charge < -0.3 is 19.1 Å². The lowest BCUT2D eigenvalue weighted by Gasteiger charge is -2.39. The number of halogens is 1. The summed E-state index contributed by atoms with van der Waals surface area (Å²) in [7, 11) is 3.28. The highest BCUT2D eigenvalue weighted by Crippen LogP contribution is 2.52. The average Bonchev–Trinajstić information content (AvgIpc) is 3.63. The number of carbonyl (C=O) groups is 1. The van der Waals surface area contributed by atoms with Crippen LogP contribution in [-0.2, 0) is 19.7 Å². The van der Waals surface area contributed by atoms with E-state index in [9.17, 15) is 4.79 Å². The quantitative estimate of drug-likeness (QED) is 0.387. The van der Waals surface area contributed by atoms with E-state index in [0.717, 1.165) is 56.0 Å². The predicted octanol–water partition coefficient (Wildman–Crippen LogP) is 3.84. The summed E-state index contributed by atoms with van der Waals surface area (Å²) >= 11 is 5.87. The van der Waals surface area contributed by atoms with Crippen molar-refractivity contribution in [2.45, 2.75) is 30.6 Å². The van der Waals surface area contributed by atoms with Gasteiger partial charge in [-0.3, -0.25) is 9.69 Å². The zero-order valence-corrected chi connectivity index (χ0v) is 20.2. The largest absolute Gasteiger partial charge is 0.497 e. The fraction of sp³-hybridized carbons (Fsp3) is 0.500. The van der Waals surface area contributed by atoms with Crippen LogP contribution in [0.2, 0.25) is 0 Å². The number of ether oxygens (including phenoxy) is 3. The highest BCUT2D eigenvalue weighted by Gasteiger charge is 2.64. The number of esters is 1. The van der Waals surface area contributed by atoms with Crippen LogP contribution >= 0.6 is 11.6 Å². The van der Waals surface area contributed by atoms with Crippen molar-refractivity contribution in [1.29, 1.82) is 0 Å². The smallest absolute Gasteiger partial charge is 0.321 e. The first kappa shape index (κ1) is 24.0. The SMILES string of the molecule is COc1ccc(C2(C(=O)OC(c3ccccc3)N3CCN(CCCCl)CC3)CC2OC)cc1. The summed E-state index contributed by atoms with van der Waals surface area (Å²) in [6.45, 7) is 4.53. The van der Waals surface area contributed by atoms with Crippen LogP contribution in [0.1, 0.15) is 30.2 Å². The zero-order valence-electron chi connectivity index (χ0n) is 19.4. The van der Waals surface area contributed by atoms with Crippen LogP contribution in [0.4, 0.5) is 0 Å². The molecule has 2 aliphatic rings. The highest BCUT2D eigenvalue weighted by molar-refractivity contribution is 6.17. The minimum Gasteiger partial charge on any atom is -0.497 e. The van der Waals surface area contributed by atoms with Gasteiger partial charge in [0, 0.05) is 44.7 Å². The van der Waals surface area contributed by atoms with Crippen molar-refractivity contribution in [2.24, 2.45) is 0 Å². The Morgan fingerprint density at radius 3 is 2.33 bits per heavy atom. The molecule has 1 saturated carbocycles. The van der Waals surface area contributed by atoms with Gasteiger partial charge in [-0.1, -0.05) is 42.5 Å². The molecule has 0 aromatic heterocycles. The summed E-state index contributed by atoms with van der Waals surface area (Å²) < 4.78 is 17.2. The van der Waals surface area contributed by atoms with Crippen LogP contribution in [0.5, 0.6) is 5.75 Å². The third-order valence-corrected chi connectivity index (χ3v) is 7.07. The van der Waals surface area contributed by atoms with Crippen molar-refractivity contribution in [1.82, 2.24) is 9.80 Å². The second-order valence-corrected chi connectivity index (χ2v) is 9.09. The van der Waals surface area contributed by atoms with Gasteiger partial charge in [-0.25, -0.2) is 0 Å². The van der Waals surface area contributed by atoms with Crippen molar-refractivity contribution >= 4 is 17.6 Å². The molecule has 0 N–H and O–H groups in total. The second-order valence-electron chi connectivity index (χ2n) is 8.72. The van der Waals surface area contributed by atoms with E-state index in [-0.39, 0.29) is 12.1 Å². The third kappa shape index (κ3) is 5.19. The fourth-order valence-corrected chi connectivity index (χ4v) is 4.84. The molecule has 1 aliphatic heterocycles. The van der Waals surface area contributed by atoms with Gasteiger partial charge in [0.1, 0.15) is 11.2 Å². The molecule has 0 bridgehead atoms. The average molecular weight is 473 g/mol. The lowest BCUT2D eigenvalue weighted by Crippen LogP contribution is -2.49. The Morgan fingerprint density at radius 1 is 1.06 bits per heavy atom. The van der Waals surface area contributed by atoms with Crippen LogP contribution in [0.3, 0.4) is 0 Å². The Kier molecular flexibility index (Phi) is 7.91. The topological polar surface area (TPSA) is 51.2 Å². The van der Waals surface area contributed by atoms with Gasteiger partial charge in [0.15, 0.2) is 6.23 Å². The number of piperazine rings is 1. The number of hydrogen-bond acceptors (Lipinski definition) is 6. The molecule has 1 heterocycles. The number of rotatable bonds is 10. The lowest BCUT2D eigenvalue weighted by molar-refractivity contribution is -0.166. The van der Waals surface area contributed by atoms with Crippen LogP contribution in [-0.4, -0.2) is 74.7 Å². The van der Waals surface area contributed by atoms with E-state index in [2.05, 4.69) is 9.80 Å². The van der Waals surface area contributed by atoms with Crippen molar-refractivity contribution in [3.8, 4) is 5.75 Å². The van der Waals surface area contributed by atoms with Crippen molar-refractivity contribution in [2.75, 3.05) is 52.8 Å². The third-order valence-electron chi connectivity index (χ3n) is 6.80. The van der Waals surface area contributed by atoms with E-state index in [1.54, 1.807) is 14.2 Å². The Bertz CT molecular complexity index is 902. The molecule has 1 saturated heterocycles. The first-order valence-electron chi connectivity index (χ1n) is 11.6. The van der Waals surface area contributed by atoms with Gasteiger partial charge in [0.05, 0.1) is 13.2 Å². The Balaban J connectivity index is 1.53. The van der Waals surface area contributed by atoms with E-state index < -0.39 is 11.6 Å². The van der Waals surface area contributed by atoms with Crippen molar-refractivity contribution in [3.05, 3.63) is 65.7 Å². The van der Waals surface area contributed by atoms with Gasteiger partial charge in [0.25, 0.3) is 0 Å². The van der Waals surface area contributed by atoms with E-state index >= 15 is 0 Å². The lowest BCUT2D eigenvalue weighted by atomic mass is 9.95. The first-order chi connectivity index (χ1) is 16.1. The predicted molar refractivity (Wildman–Crippen MR) is 129 cm³/mol. The molecular formula is C26H33ClN2O4. The van der Waals surface area contributed by atoms with Crippen molar-refractivity contribution < 1.29 is 19.0 Å². The van der Waals surface area contributed by atoms with E-state index in [1.807, 2.05) is 54.6 Å². The van der Waals surface area contributed by atoms with Crippen LogP contribution in [0.15, 0.2) is 54.6 Å². The molecule has 3 atom stereocenters. The number of nitrogens with zero attached hydrogens (tertiary/aromatic N) is 2. The monoisotopic (exact) mass is 472 g/mol. The molecule has 0 radical (unpaired) electrons. The Morgan fingerprint density at radius 2 is 1.76 bits per heavy atom. The molecule has 7 heteroatoms. The number of carbonyl (C=O) groups excluding carboxylic acids is 1. The summed E-state index contributed by atoms with van der Waals surface area (Å²) in [6, 6.07) is 17.6. The maximum Gasteiger partial charge on any atom is 0.321 e. The molecule has 3 unspecified atom stereocenters. The molecule has 178 valence electrons. The van der Waals surface area contributed by atoms with Crippen LogP contribution in [0, 0.1) is 0 Å². The van der Waals surface area contributed by atoms with Gasteiger partial charge in [-0.05, 0) is 37.1 Å². The highest BCUT2D eigenvalue weighted by atomic mass is 35.5. The van der Waals surface area contributed by atoms with E-state index in [0.29, 0.717) is 12.3 Å². The number of hydrogen-bond donors (Lipinski definition) is 0. The van der Waals surface area contributed by atoms with Crippen molar-refractivity contribution in [3.63, 3.8) is 0 Å². The molecular weight excluding hydrogens is 440 g/mol. The van der Waals surface area contributed by atoms with E-state index in [1.165, 1.54) is 0 Å². The number of benzene rings is 2. The summed E-state index contributed by atoms with van der Waals surface area (Å²) in [5.41, 5.74) is 1.10. The summed E-state index contributed by atoms with van der Waals surface area (Å²) in [4.78, 5) is 18.4. The number of methoxy groups -OCH3 is 2. The molecule has 2 fully saturated rings. The maximum atomic E-state index is 13.7. The summed E-state index contributed by atoms with van der Waals surface area (Å²) in [5, 5.41) is 0. The molecule has 0 spiro atoms. The molecule has 2 aromatic rings. The standard InChI is InChI=1S/C26H33ClN2O4/c1-31-22-11-9-21(10-12-22)26(19-23(26)32-2)25(30)33-24(20-7-4-3-5-8-20)29-17-15-28(16-18-29)14-6-13-27/h3-5,7-12,23-24H,6,13-19H2,1-2H3. The molecule has 4 rings (SSSR count). The maximum absolute atomic E-state index is 13.7. The van der Waals surface area contributed by atoms with Gasteiger partial charge in [-0.2, -0.15) is 0 Å².